The number of phosphoric acid groups is 1. The zero-order chi connectivity index (χ0) is 52.4. The minimum atomic E-state index is -5.34. The van der Waals surface area contributed by atoms with Crippen LogP contribution in [0.15, 0.2) is 12.2 Å². The van der Waals surface area contributed by atoms with E-state index in [1.807, 2.05) is 0 Å². The van der Waals surface area contributed by atoms with E-state index in [9.17, 15) is 57.6 Å². The summed E-state index contributed by atoms with van der Waals surface area (Å²) in [5, 5.41) is 12.0. The molecule has 0 bridgehead atoms. The third-order valence-electron chi connectivity index (χ3n) is 12.0. The minimum absolute atomic E-state index is 0.0584. The van der Waals surface area contributed by atoms with Crippen molar-refractivity contribution in [1.82, 2.24) is 10.6 Å². The Morgan fingerprint density at radius 1 is 0.557 bits per heavy atom. The van der Waals surface area contributed by atoms with Gasteiger partial charge in [0.15, 0.2) is 6.10 Å². The molecule has 7 N–H and O–H groups in total. The SMILES string of the molecule is CCCCCCCCCCCCCCCC(=O)OCC(COP(=O)(O)OCCNC(=O)CCC/C=C/C(=O)NCCCC(O)(P(C)(=O)O)P(=O)(O)O)OC(=O)CCCCCCCCCCCCCCC. The first-order valence-corrected chi connectivity index (χ1v) is 31.8. The van der Waals surface area contributed by atoms with Gasteiger partial charge in [0, 0.05) is 39.0 Å². The lowest BCUT2D eigenvalue weighted by molar-refractivity contribution is -0.161. The van der Waals surface area contributed by atoms with Crippen LogP contribution in [0.1, 0.15) is 226 Å². The summed E-state index contributed by atoms with van der Waals surface area (Å²) in [5.41, 5.74) is 0. The molecule has 0 saturated carbocycles. The second kappa shape index (κ2) is 42.4. The molecule has 0 aromatic heterocycles. The third kappa shape index (κ3) is 38.6. The zero-order valence-electron chi connectivity index (χ0n) is 43.2. The van der Waals surface area contributed by atoms with Crippen LogP contribution in [0, 0.1) is 0 Å². The first-order chi connectivity index (χ1) is 33.3. The first kappa shape index (κ1) is 68.0. The molecule has 0 fully saturated rings. The van der Waals surface area contributed by atoms with E-state index in [4.69, 9.17) is 18.5 Å². The van der Waals surface area contributed by atoms with Crippen molar-refractivity contribution in [3.63, 3.8) is 0 Å². The fourth-order valence-electron chi connectivity index (χ4n) is 7.61. The molecule has 70 heavy (non-hydrogen) atoms. The summed E-state index contributed by atoms with van der Waals surface area (Å²) >= 11 is 0. The predicted molar refractivity (Wildman–Crippen MR) is 274 cm³/mol. The number of amides is 2. The highest BCUT2D eigenvalue weighted by Crippen LogP contribution is 2.69. The second-order valence-corrected chi connectivity index (χ2v) is 24.7. The predicted octanol–water partition coefficient (Wildman–Crippen LogP) is 11.0. The number of hydrogen-bond acceptors (Lipinski definition) is 12. The Kier molecular flexibility index (Phi) is 41.2. The molecule has 18 nitrogen and oxygen atoms in total. The van der Waals surface area contributed by atoms with Gasteiger partial charge in [-0.1, -0.05) is 174 Å². The molecule has 21 heteroatoms. The molecule has 0 aliphatic carbocycles. The highest BCUT2D eigenvalue weighted by Gasteiger charge is 2.56. The second-order valence-electron chi connectivity index (χ2n) is 18.6. The van der Waals surface area contributed by atoms with E-state index in [0.29, 0.717) is 32.3 Å². The summed E-state index contributed by atoms with van der Waals surface area (Å²) in [6.07, 6.45) is 32.2. The van der Waals surface area contributed by atoms with Gasteiger partial charge in [0.05, 0.1) is 13.2 Å². The molecule has 0 rings (SSSR count). The van der Waals surface area contributed by atoms with E-state index in [-0.39, 0.29) is 57.9 Å². The van der Waals surface area contributed by atoms with Gasteiger partial charge in [-0.15, -0.1) is 0 Å². The standard InChI is InChI=1S/C49H95N2O16P3/c1-4-6-8-10-12-14-16-18-20-22-24-26-31-36-47(54)64-42-44(67-48(55)37-32-27-25-23-21-19-17-15-13-11-9-7-5-2)43-66-70(62,63)65-41-40-51-46(53)35-30-28-29-34-45(52)50-39-33-38-49(56,68(3,57)58)69(59,60)61/h29,34,44,56H,4-28,30-33,35-43H2,1-3H3,(H,50,52)(H,51,53)(H,57,58)(H,62,63)(H2,59,60,61)/b34-29+. The number of carbonyl (C=O) groups excluding carboxylic acids is 4. The topological polar surface area (TPSA) is 282 Å². The summed E-state index contributed by atoms with van der Waals surface area (Å²) in [7, 11) is -14.6. The molecular weight excluding hydrogens is 965 g/mol. The van der Waals surface area contributed by atoms with Crippen molar-refractivity contribution in [1.29, 1.82) is 0 Å². The van der Waals surface area contributed by atoms with Crippen molar-refractivity contribution in [3.8, 4) is 0 Å². The van der Waals surface area contributed by atoms with Crippen molar-refractivity contribution in [2.75, 3.05) is 39.6 Å². The van der Waals surface area contributed by atoms with Crippen LogP contribution in [0.4, 0.5) is 0 Å². The minimum Gasteiger partial charge on any atom is -0.462 e. The molecule has 0 aromatic carbocycles. The van der Waals surface area contributed by atoms with Gasteiger partial charge in [-0.05, 0) is 44.6 Å². The van der Waals surface area contributed by atoms with Crippen LogP contribution in [0.5, 0.6) is 0 Å². The van der Waals surface area contributed by atoms with Crippen molar-refractivity contribution in [2.24, 2.45) is 0 Å². The number of hydrogen-bond donors (Lipinski definition) is 7. The Labute approximate surface area is 420 Å². The van der Waals surface area contributed by atoms with Crippen LogP contribution >= 0.6 is 22.8 Å². The van der Waals surface area contributed by atoms with E-state index in [0.717, 1.165) is 38.5 Å². The quantitative estimate of drug-likeness (QED) is 0.0129. The highest BCUT2D eigenvalue weighted by atomic mass is 31.2. The maximum Gasteiger partial charge on any atom is 0.472 e. The lowest BCUT2D eigenvalue weighted by atomic mass is 10.0. The number of allylic oxidation sites excluding steroid dienone is 1. The third-order valence-corrected chi connectivity index (χ3v) is 17.6. The number of aliphatic hydroxyl groups is 1. The number of rotatable bonds is 49. The Morgan fingerprint density at radius 2 is 1.01 bits per heavy atom. The Bertz CT molecular complexity index is 1530. The number of ether oxygens (including phenoxy) is 2. The summed E-state index contributed by atoms with van der Waals surface area (Å²) in [6, 6.07) is 0. The summed E-state index contributed by atoms with van der Waals surface area (Å²) in [5.74, 6) is -1.93. The van der Waals surface area contributed by atoms with E-state index >= 15 is 0 Å². The molecule has 0 spiro atoms. The van der Waals surface area contributed by atoms with Gasteiger partial charge in [-0.25, -0.2) is 4.57 Å². The molecule has 0 aliphatic heterocycles. The van der Waals surface area contributed by atoms with Gasteiger partial charge in [0.25, 0.3) is 0 Å². The summed E-state index contributed by atoms with van der Waals surface area (Å²) < 4.78 is 57.2. The van der Waals surface area contributed by atoms with E-state index in [1.54, 1.807) is 0 Å². The van der Waals surface area contributed by atoms with Crippen LogP contribution in [0.2, 0.25) is 0 Å². The molecule has 4 unspecified atom stereocenters. The van der Waals surface area contributed by atoms with Crippen molar-refractivity contribution < 1.29 is 76.1 Å². The lowest BCUT2D eigenvalue weighted by Crippen LogP contribution is -2.30. The molecule has 4 atom stereocenters. The van der Waals surface area contributed by atoms with Gasteiger partial charge < -0.3 is 44.8 Å². The molecule has 412 valence electrons. The Hall–Kier alpha value is -1.97. The van der Waals surface area contributed by atoms with Crippen LogP contribution in [-0.2, 0) is 51.4 Å². The Morgan fingerprint density at radius 3 is 1.47 bits per heavy atom. The highest BCUT2D eigenvalue weighted by molar-refractivity contribution is 7.74. The molecule has 0 radical (unpaired) electrons. The van der Waals surface area contributed by atoms with Gasteiger partial charge in [-0.3, -0.25) is 37.4 Å². The normalized spacial score (nSPS) is 14.9. The number of phosphoric ester groups is 1. The van der Waals surface area contributed by atoms with Crippen LogP contribution in [0.3, 0.4) is 0 Å². The largest absolute Gasteiger partial charge is 0.472 e. The lowest BCUT2D eigenvalue weighted by Gasteiger charge is -2.30. The molecule has 0 aromatic rings. The van der Waals surface area contributed by atoms with E-state index in [1.165, 1.54) is 128 Å². The maximum atomic E-state index is 12.8. The van der Waals surface area contributed by atoms with Gasteiger partial charge in [0.2, 0.25) is 24.3 Å². The molecule has 0 heterocycles. The van der Waals surface area contributed by atoms with Gasteiger partial charge >= 0.3 is 27.4 Å². The summed E-state index contributed by atoms with van der Waals surface area (Å²) in [4.78, 5) is 88.3. The molecule has 0 saturated heterocycles. The number of carbonyl (C=O) groups is 4. The number of unbranched alkanes of at least 4 members (excludes halogenated alkanes) is 25. The fourth-order valence-corrected chi connectivity index (χ4v) is 11.3. The van der Waals surface area contributed by atoms with Crippen LogP contribution in [0.25, 0.3) is 0 Å². The number of nitrogens with one attached hydrogen (secondary N) is 2. The van der Waals surface area contributed by atoms with Crippen molar-refractivity contribution in [3.05, 3.63) is 12.2 Å². The average molecular weight is 1060 g/mol. The fraction of sp³-hybridized carbons (Fsp3) is 0.878. The monoisotopic (exact) mass is 1060 g/mol. The average Bonchev–Trinajstić information content (AvgIpc) is 3.29. The first-order valence-electron chi connectivity index (χ1n) is 26.5. The molecular formula is C49H95N2O16P3. The maximum absolute atomic E-state index is 12.8. The number of esters is 2. The van der Waals surface area contributed by atoms with E-state index < -0.39 is 64.8 Å². The summed E-state index contributed by atoms with van der Waals surface area (Å²) in [6.45, 7) is 3.55. The Balaban J connectivity index is 4.69. The van der Waals surface area contributed by atoms with Gasteiger partial charge in [0.1, 0.15) is 6.61 Å². The van der Waals surface area contributed by atoms with Gasteiger partial charge in [-0.2, -0.15) is 0 Å². The van der Waals surface area contributed by atoms with Crippen molar-refractivity contribution >= 4 is 46.5 Å². The van der Waals surface area contributed by atoms with Crippen LogP contribution in [-0.4, -0.2) is 99.2 Å². The van der Waals surface area contributed by atoms with Crippen LogP contribution < -0.4 is 10.6 Å². The van der Waals surface area contributed by atoms with Crippen molar-refractivity contribution in [2.45, 2.75) is 237 Å². The molecule has 0 aliphatic rings. The smallest absolute Gasteiger partial charge is 0.462 e. The van der Waals surface area contributed by atoms with E-state index in [2.05, 4.69) is 24.5 Å². The molecule has 2 amide bonds. The zero-order valence-corrected chi connectivity index (χ0v) is 45.9.